The summed E-state index contributed by atoms with van der Waals surface area (Å²) in [6.45, 7) is 5.34. The Morgan fingerprint density at radius 2 is 1.31 bits per heavy atom. The Kier molecular flexibility index (Phi) is 12.3. The van der Waals surface area contributed by atoms with Gasteiger partial charge >= 0.3 is 0 Å². The fraction of sp³-hybridized carbons (Fsp3) is 0.294. The van der Waals surface area contributed by atoms with Crippen molar-refractivity contribution in [1.82, 2.24) is 10.6 Å². The predicted molar refractivity (Wildman–Crippen MR) is 253 cm³/mol. The van der Waals surface area contributed by atoms with Gasteiger partial charge in [-0.25, -0.2) is 0 Å². The number of benzene rings is 5. The highest BCUT2D eigenvalue weighted by molar-refractivity contribution is 6.15. The van der Waals surface area contributed by atoms with Gasteiger partial charge in [0.1, 0.15) is 25.3 Å². The number of nitrogens with one attached hydrogen (secondary N) is 4. The number of rotatable bonds is 14. The molecular formula is C51H51N7O9. The number of hydrogen-bond donors (Lipinski definition) is 4. The van der Waals surface area contributed by atoms with Gasteiger partial charge in [-0.15, -0.1) is 0 Å². The quantitative estimate of drug-likeness (QED) is 0.0958. The second kappa shape index (κ2) is 18.5. The molecule has 0 unspecified atom stereocenters. The molecule has 4 aliphatic heterocycles. The van der Waals surface area contributed by atoms with Crippen LogP contribution in [-0.4, -0.2) is 80.7 Å². The van der Waals surface area contributed by atoms with Gasteiger partial charge in [-0.1, -0.05) is 43.3 Å². The number of para-hydroxylation sites is 2. The summed E-state index contributed by atoms with van der Waals surface area (Å²) in [7, 11) is 3.02. The highest BCUT2D eigenvalue weighted by Crippen LogP contribution is 2.43. The summed E-state index contributed by atoms with van der Waals surface area (Å²) >= 11 is 0. The molecule has 0 bridgehead atoms. The van der Waals surface area contributed by atoms with Crippen molar-refractivity contribution in [3.8, 4) is 23.0 Å². The van der Waals surface area contributed by atoms with Gasteiger partial charge in [-0.2, -0.15) is 0 Å². The predicted octanol–water partition coefficient (Wildman–Crippen LogP) is 6.50. The first-order valence-corrected chi connectivity index (χ1v) is 22.3. The van der Waals surface area contributed by atoms with Crippen LogP contribution in [-0.2, 0) is 40.4 Å². The van der Waals surface area contributed by atoms with Crippen molar-refractivity contribution in [2.24, 2.45) is 4.99 Å². The van der Waals surface area contributed by atoms with E-state index < -0.39 is 23.9 Å². The molecule has 16 nitrogen and oxygen atoms in total. The molecule has 344 valence electrons. The van der Waals surface area contributed by atoms with E-state index in [0.29, 0.717) is 75.3 Å². The van der Waals surface area contributed by atoms with E-state index in [1.165, 1.54) is 14.2 Å². The molecule has 0 spiro atoms. The number of methoxy groups -OCH3 is 2. The highest BCUT2D eigenvalue weighted by atomic mass is 16.5. The number of aliphatic imine (C=N–C) groups is 1. The molecule has 5 amide bonds. The number of hydrogen-bond acceptors (Lipinski definition) is 11. The van der Waals surface area contributed by atoms with Gasteiger partial charge in [0.15, 0.2) is 23.0 Å². The summed E-state index contributed by atoms with van der Waals surface area (Å²) in [5, 5.41) is 11.6. The third-order valence-corrected chi connectivity index (χ3v) is 12.4. The van der Waals surface area contributed by atoms with Gasteiger partial charge in [-0.3, -0.25) is 33.9 Å². The van der Waals surface area contributed by atoms with Gasteiger partial charge in [-0.05, 0) is 85.0 Å². The van der Waals surface area contributed by atoms with E-state index in [9.17, 15) is 24.0 Å². The molecule has 5 aromatic rings. The molecule has 0 aromatic heterocycles. The van der Waals surface area contributed by atoms with Crippen LogP contribution >= 0.6 is 0 Å². The first-order chi connectivity index (χ1) is 32.4. The summed E-state index contributed by atoms with van der Waals surface area (Å²) in [5.41, 5.74) is 7.55. The molecular weight excluding hydrogens is 855 g/mol. The Morgan fingerprint density at radius 1 is 0.716 bits per heavy atom. The van der Waals surface area contributed by atoms with Crippen molar-refractivity contribution in [2.75, 3.05) is 41.2 Å². The lowest BCUT2D eigenvalue weighted by Crippen LogP contribution is -2.50. The smallest absolute Gasteiger partial charge is 0.261 e. The molecule has 0 saturated heterocycles. The number of ether oxygens (including phenoxy) is 4. The van der Waals surface area contributed by atoms with Crippen molar-refractivity contribution in [2.45, 2.75) is 77.4 Å². The van der Waals surface area contributed by atoms with Crippen molar-refractivity contribution in [1.29, 1.82) is 0 Å². The second-order valence-electron chi connectivity index (χ2n) is 16.9. The lowest BCUT2D eigenvalue weighted by atomic mass is 10.1. The van der Waals surface area contributed by atoms with Gasteiger partial charge in [0.05, 0.1) is 48.8 Å². The fourth-order valence-corrected chi connectivity index (χ4v) is 8.99. The van der Waals surface area contributed by atoms with E-state index >= 15 is 0 Å². The minimum atomic E-state index is -0.965. The Morgan fingerprint density at radius 3 is 1.99 bits per heavy atom. The Bertz CT molecular complexity index is 2850. The van der Waals surface area contributed by atoms with E-state index in [1.807, 2.05) is 53.4 Å². The maximum absolute atomic E-state index is 14.1. The van der Waals surface area contributed by atoms with Gasteiger partial charge in [0, 0.05) is 54.8 Å². The lowest BCUT2D eigenvalue weighted by Gasteiger charge is -2.22. The molecule has 5 aromatic carbocycles. The van der Waals surface area contributed by atoms with Gasteiger partial charge < -0.3 is 45.1 Å². The lowest BCUT2D eigenvalue weighted by molar-refractivity contribution is -0.130. The standard InChI is InChI=1S/C51H51N7O9/c1-6-47(59)54-28(2)48(60)55-29(3)49(61)56-34-16-30(26-66-45-22-39-37(20-43(45)64-4)50(62)57-35(24-52-39)18-32-11-7-9-13-41(32)57)15-31(17-34)27-67-46-23-40-38(21-44(46)65-5)51(63)58-36(25-53-40)19-33-12-8-10-14-42(33)58/h7-17,20-24,28-29,35-36,53H,6,18-19,25-27H2,1-5H3,(H,54,59)(H,55,60)(H,56,61)/t28-,29-,35-,36-/m0/s1. The average molecular weight is 906 g/mol. The number of amides is 5. The molecule has 4 heterocycles. The summed E-state index contributed by atoms with van der Waals surface area (Å²) in [4.78, 5) is 74.7. The SMILES string of the molecule is CCC(=O)N[C@@H](C)C(=O)N[C@@H](C)C(=O)Nc1cc(COc2cc3c(cc2OC)C(=O)N2c4ccccc4C[C@H]2C=N3)cc(COc2cc3c(cc2OC)C(=O)N2c4ccccc4C[C@H]2CN3)c1. The van der Waals surface area contributed by atoms with Gasteiger partial charge in [0.25, 0.3) is 11.8 Å². The first-order valence-electron chi connectivity index (χ1n) is 22.3. The van der Waals surface area contributed by atoms with Crippen molar-refractivity contribution >= 4 is 64.2 Å². The third-order valence-electron chi connectivity index (χ3n) is 12.4. The zero-order valence-electron chi connectivity index (χ0n) is 37.8. The minimum Gasteiger partial charge on any atom is -0.493 e. The maximum Gasteiger partial charge on any atom is 0.261 e. The van der Waals surface area contributed by atoms with E-state index in [-0.39, 0.29) is 49.4 Å². The van der Waals surface area contributed by atoms with Crippen molar-refractivity contribution in [3.05, 3.63) is 124 Å². The molecule has 4 atom stereocenters. The average Bonchev–Trinajstić information content (AvgIpc) is 3.83. The van der Waals surface area contributed by atoms with E-state index in [1.54, 1.807) is 68.3 Å². The zero-order chi connectivity index (χ0) is 46.9. The van der Waals surface area contributed by atoms with E-state index in [4.69, 9.17) is 23.9 Å². The molecule has 16 heteroatoms. The van der Waals surface area contributed by atoms with Crippen LogP contribution in [0.15, 0.2) is 96.0 Å². The number of fused-ring (bicyclic) bond motifs is 8. The molecule has 67 heavy (non-hydrogen) atoms. The first kappa shape index (κ1) is 44.3. The van der Waals surface area contributed by atoms with Crippen LogP contribution in [0.25, 0.3) is 0 Å². The highest BCUT2D eigenvalue weighted by Gasteiger charge is 2.39. The van der Waals surface area contributed by atoms with Crippen LogP contribution in [0.4, 0.5) is 28.4 Å². The minimum absolute atomic E-state index is 0.00155. The molecule has 4 aliphatic rings. The number of nitrogens with zero attached hydrogens (tertiary/aromatic N) is 3. The number of carbonyl (C=O) groups is 5. The summed E-state index contributed by atoms with van der Waals surface area (Å²) < 4.78 is 24.3. The Hall–Kier alpha value is -7.88. The number of anilines is 4. The van der Waals surface area contributed by atoms with Crippen LogP contribution in [0.2, 0.25) is 0 Å². The van der Waals surface area contributed by atoms with Crippen LogP contribution in [0, 0.1) is 0 Å². The molecule has 4 N–H and O–H groups in total. The molecule has 0 saturated carbocycles. The summed E-state index contributed by atoms with van der Waals surface area (Å²) in [5.74, 6) is -0.179. The summed E-state index contributed by atoms with van der Waals surface area (Å²) in [6.07, 6.45) is 3.40. The van der Waals surface area contributed by atoms with Crippen LogP contribution in [0.3, 0.4) is 0 Å². The molecule has 0 radical (unpaired) electrons. The topological polar surface area (TPSA) is 189 Å². The normalized spacial score (nSPS) is 17.1. The third kappa shape index (κ3) is 8.81. The molecule has 0 aliphatic carbocycles. The van der Waals surface area contributed by atoms with Crippen LogP contribution in [0.1, 0.15) is 70.2 Å². The van der Waals surface area contributed by atoms with Crippen molar-refractivity contribution in [3.63, 3.8) is 0 Å². The fourth-order valence-electron chi connectivity index (χ4n) is 8.99. The monoisotopic (exact) mass is 905 g/mol. The van der Waals surface area contributed by atoms with Crippen LogP contribution in [0.5, 0.6) is 23.0 Å². The largest absolute Gasteiger partial charge is 0.493 e. The van der Waals surface area contributed by atoms with Crippen LogP contribution < -0.4 is 50.0 Å². The molecule has 0 fully saturated rings. The Balaban J connectivity index is 0.970. The molecule has 9 rings (SSSR count). The second-order valence-corrected chi connectivity index (χ2v) is 16.9. The number of carbonyl (C=O) groups excluding carboxylic acids is 5. The van der Waals surface area contributed by atoms with E-state index in [2.05, 4.69) is 27.3 Å². The zero-order valence-corrected chi connectivity index (χ0v) is 37.8. The Labute approximate surface area is 387 Å². The van der Waals surface area contributed by atoms with Gasteiger partial charge in [0.2, 0.25) is 17.7 Å². The summed E-state index contributed by atoms with van der Waals surface area (Å²) in [6, 6.07) is 25.8. The van der Waals surface area contributed by atoms with E-state index in [0.717, 1.165) is 28.9 Å². The van der Waals surface area contributed by atoms with Crippen molar-refractivity contribution < 1.29 is 42.9 Å². The maximum atomic E-state index is 14.1.